The van der Waals surface area contributed by atoms with Gasteiger partial charge in [-0.15, -0.1) is 0 Å². The number of nitrogens with one attached hydrogen (secondary N) is 5. The van der Waals surface area contributed by atoms with E-state index in [1.807, 2.05) is 60.7 Å². The van der Waals surface area contributed by atoms with Crippen molar-refractivity contribution >= 4 is 51.5 Å². The molecule has 15 nitrogen and oxygen atoms in total. The monoisotopic (exact) mass is 867 g/mol. The van der Waals surface area contributed by atoms with Crippen LogP contribution in [0.25, 0.3) is 32.7 Å². The second-order valence-corrected chi connectivity index (χ2v) is 17.2. The lowest BCUT2D eigenvalue weighted by molar-refractivity contribution is -0.145. The van der Waals surface area contributed by atoms with E-state index in [0.717, 1.165) is 32.7 Å². The summed E-state index contributed by atoms with van der Waals surface area (Å²) in [6.07, 6.45) is 2.60. The molecule has 1 aliphatic heterocycles. The standard InChI is InChI=1S/C48H61N5O10/c1-47(2,3)62-45(57)52-44(53-46(58)63-48(4,5)6)49-28-14-12-21-35-42(55)51-36(43(56)59-7)22-13-15-29-60-37-26-24-31-17-8-10-19-33(31)40(37)41-34-20-11-9-18-32(34)25-27-38(41)61-30-16-23-39(54)50-35/h8-11,13,15,17-20,24-27,35-36,44,49H,12,14,16,21-23,28-30H2,1-7H3,(H,50,54)(H,51,55)(H,52,57)(H,53,58)/t35-,36+/m1/s1. The first-order chi connectivity index (χ1) is 30.0. The molecule has 5 rings (SSSR count). The number of methoxy groups -OCH3 is 1. The maximum absolute atomic E-state index is 13.8. The topological polar surface area (TPSA) is 192 Å². The van der Waals surface area contributed by atoms with Gasteiger partial charge < -0.3 is 34.3 Å². The van der Waals surface area contributed by atoms with E-state index < -0.39 is 53.6 Å². The Morgan fingerprint density at radius 1 is 0.746 bits per heavy atom. The van der Waals surface area contributed by atoms with E-state index in [1.165, 1.54) is 7.11 Å². The fourth-order valence-corrected chi connectivity index (χ4v) is 6.99. The first-order valence-corrected chi connectivity index (χ1v) is 21.4. The molecular weight excluding hydrogens is 807 g/mol. The molecule has 0 bridgehead atoms. The van der Waals surface area contributed by atoms with Gasteiger partial charge in [0.1, 0.15) is 41.4 Å². The Kier molecular flexibility index (Phi) is 16.8. The minimum atomic E-state index is -1.04. The van der Waals surface area contributed by atoms with E-state index in [9.17, 15) is 24.0 Å². The van der Waals surface area contributed by atoms with Crippen LogP contribution in [0.2, 0.25) is 0 Å². The van der Waals surface area contributed by atoms with Gasteiger partial charge in [-0.3, -0.25) is 25.5 Å². The molecule has 0 unspecified atom stereocenters. The van der Waals surface area contributed by atoms with Crippen molar-refractivity contribution in [3.05, 3.63) is 84.9 Å². The van der Waals surface area contributed by atoms with E-state index in [1.54, 1.807) is 53.7 Å². The molecular formula is C48H61N5O10. The number of amides is 4. The molecule has 0 saturated carbocycles. The van der Waals surface area contributed by atoms with Crippen molar-refractivity contribution in [2.45, 2.75) is 110 Å². The number of ether oxygens (including phenoxy) is 5. The number of hydrogen-bond donors (Lipinski definition) is 5. The third-order valence-electron chi connectivity index (χ3n) is 9.75. The van der Waals surface area contributed by atoms with Crippen molar-refractivity contribution in [1.29, 1.82) is 0 Å². The molecule has 338 valence electrons. The number of benzene rings is 4. The Morgan fingerprint density at radius 2 is 1.32 bits per heavy atom. The molecule has 4 aromatic carbocycles. The number of fused-ring (bicyclic) bond motifs is 7. The fraction of sp³-hybridized carbons (Fsp3) is 0.438. The Morgan fingerprint density at radius 3 is 1.89 bits per heavy atom. The van der Waals surface area contributed by atoms with Crippen LogP contribution in [0.1, 0.15) is 80.1 Å². The highest BCUT2D eigenvalue weighted by Crippen LogP contribution is 2.45. The van der Waals surface area contributed by atoms with Crippen LogP contribution < -0.4 is 36.1 Å². The van der Waals surface area contributed by atoms with Gasteiger partial charge in [0.2, 0.25) is 11.8 Å². The van der Waals surface area contributed by atoms with Crippen molar-refractivity contribution in [1.82, 2.24) is 26.6 Å². The van der Waals surface area contributed by atoms with Crippen LogP contribution >= 0.6 is 0 Å². The summed E-state index contributed by atoms with van der Waals surface area (Å²) >= 11 is 0. The lowest BCUT2D eigenvalue weighted by atomic mass is 9.92. The summed E-state index contributed by atoms with van der Waals surface area (Å²) in [5.74, 6) is -0.283. The second kappa shape index (κ2) is 22.1. The Labute approximate surface area is 368 Å². The summed E-state index contributed by atoms with van der Waals surface area (Å²) in [7, 11) is 1.25. The van der Waals surface area contributed by atoms with Gasteiger partial charge in [0.25, 0.3) is 0 Å². The molecule has 4 aromatic rings. The van der Waals surface area contributed by atoms with Crippen molar-refractivity contribution in [3.63, 3.8) is 0 Å². The van der Waals surface area contributed by atoms with Crippen LogP contribution in [0.5, 0.6) is 11.5 Å². The van der Waals surface area contributed by atoms with E-state index in [-0.39, 0.29) is 44.9 Å². The molecule has 4 amide bonds. The Bertz CT molecular complexity index is 2230. The van der Waals surface area contributed by atoms with Crippen molar-refractivity contribution in [2.75, 3.05) is 26.9 Å². The van der Waals surface area contributed by atoms with Crippen molar-refractivity contribution in [2.24, 2.45) is 0 Å². The van der Waals surface area contributed by atoms with Crippen LogP contribution in [0.4, 0.5) is 9.59 Å². The largest absolute Gasteiger partial charge is 0.493 e. The van der Waals surface area contributed by atoms with Crippen LogP contribution in [0.3, 0.4) is 0 Å². The quantitative estimate of drug-likeness (QED) is 0.0371. The summed E-state index contributed by atoms with van der Waals surface area (Å²) in [4.78, 5) is 65.4. The lowest BCUT2D eigenvalue weighted by Gasteiger charge is -2.26. The van der Waals surface area contributed by atoms with Gasteiger partial charge in [0.05, 0.1) is 13.7 Å². The SMILES string of the molecule is COC(=O)[C@@H]1CC=CCOc2ccc3ccccc3c2-c2c(ccc3ccccc23)OCCCC(=O)N[C@H](CCCCNC(NC(=O)OC(C)(C)C)NC(=O)OC(C)(C)C)C(=O)N1. The number of hydrogen-bond acceptors (Lipinski definition) is 11. The van der Waals surface area contributed by atoms with E-state index in [4.69, 9.17) is 23.7 Å². The fourth-order valence-electron chi connectivity index (χ4n) is 6.99. The molecule has 0 aliphatic carbocycles. The van der Waals surface area contributed by atoms with Crippen LogP contribution in [0, 0.1) is 0 Å². The summed E-state index contributed by atoms with van der Waals surface area (Å²) in [5.41, 5.74) is 0.189. The molecule has 0 radical (unpaired) electrons. The van der Waals surface area contributed by atoms with Crippen molar-refractivity contribution in [3.8, 4) is 22.6 Å². The number of unbranched alkanes of at least 4 members (excludes halogenated alkanes) is 1. The number of carbonyl (C=O) groups excluding carboxylic acids is 5. The maximum Gasteiger partial charge on any atom is 0.410 e. The van der Waals surface area contributed by atoms with Gasteiger partial charge in [-0.05, 0) is 114 Å². The highest BCUT2D eigenvalue weighted by Gasteiger charge is 2.28. The molecule has 1 heterocycles. The third kappa shape index (κ3) is 14.6. The third-order valence-corrected chi connectivity index (χ3v) is 9.75. The smallest absolute Gasteiger partial charge is 0.410 e. The molecule has 2 atom stereocenters. The zero-order valence-electron chi connectivity index (χ0n) is 37.3. The molecule has 0 spiro atoms. The second-order valence-electron chi connectivity index (χ2n) is 17.2. The molecule has 1 aliphatic rings. The summed E-state index contributed by atoms with van der Waals surface area (Å²) in [6.45, 7) is 11.0. The minimum absolute atomic E-state index is 0.0639. The predicted octanol–water partition coefficient (Wildman–Crippen LogP) is 7.39. The van der Waals surface area contributed by atoms with Crippen molar-refractivity contribution < 1.29 is 47.7 Å². The minimum Gasteiger partial charge on any atom is -0.493 e. The van der Waals surface area contributed by atoms with E-state index >= 15 is 0 Å². The number of esters is 1. The highest BCUT2D eigenvalue weighted by atomic mass is 16.6. The Hall–Kier alpha value is -6.35. The van der Waals surface area contributed by atoms with Gasteiger partial charge >= 0.3 is 18.2 Å². The first-order valence-electron chi connectivity index (χ1n) is 21.4. The predicted molar refractivity (Wildman–Crippen MR) is 241 cm³/mol. The number of carbonyl (C=O) groups is 5. The molecule has 5 N–H and O–H groups in total. The number of alkyl carbamates (subject to hydrolysis) is 2. The van der Waals surface area contributed by atoms with Gasteiger partial charge in [-0.25, -0.2) is 14.4 Å². The molecule has 63 heavy (non-hydrogen) atoms. The Balaban J connectivity index is 1.33. The normalized spacial score (nSPS) is 16.7. The van der Waals surface area contributed by atoms with Gasteiger partial charge in [0, 0.05) is 17.5 Å². The number of rotatable bonds is 9. The lowest BCUT2D eigenvalue weighted by Crippen LogP contribution is -2.58. The van der Waals surface area contributed by atoms with Crippen LogP contribution in [0.15, 0.2) is 84.9 Å². The molecule has 15 heteroatoms. The van der Waals surface area contributed by atoms with Gasteiger partial charge in [-0.1, -0.05) is 72.8 Å². The summed E-state index contributed by atoms with van der Waals surface area (Å²) < 4.78 is 28.7. The summed E-state index contributed by atoms with van der Waals surface area (Å²) in [6, 6.07) is 22.0. The average Bonchev–Trinajstić information content (AvgIpc) is 3.21. The van der Waals surface area contributed by atoms with Crippen LogP contribution in [-0.4, -0.2) is 86.4 Å². The average molecular weight is 868 g/mol. The highest BCUT2D eigenvalue weighted by molar-refractivity contribution is 6.09. The molecule has 0 aromatic heterocycles. The van der Waals surface area contributed by atoms with E-state index in [0.29, 0.717) is 30.8 Å². The zero-order valence-corrected chi connectivity index (χ0v) is 37.3. The van der Waals surface area contributed by atoms with Crippen LogP contribution in [-0.2, 0) is 28.6 Å². The van der Waals surface area contributed by atoms with E-state index in [2.05, 4.69) is 38.7 Å². The van der Waals surface area contributed by atoms with Gasteiger partial charge in [-0.2, -0.15) is 0 Å². The first kappa shape index (κ1) is 47.7. The zero-order chi connectivity index (χ0) is 45.6. The summed E-state index contributed by atoms with van der Waals surface area (Å²) in [5, 5.41) is 17.9. The van der Waals surface area contributed by atoms with Gasteiger partial charge in [0.15, 0.2) is 6.29 Å². The molecule has 0 fully saturated rings. The maximum atomic E-state index is 13.8. The molecule has 0 saturated heterocycles.